The monoisotopic (exact) mass is 367 g/mol. The minimum absolute atomic E-state index is 0.0161. The Labute approximate surface area is 156 Å². The third kappa shape index (κ3) is 3.10. The molecular weight excluding hydrogens is 350 g/mol. The molecule has 2 aromatic carbocycles. The van der Waals surface area contributed by atoms with Crippen LogP contribution >= 0.6 is 11.6 Å². The first-order valence-electron chi connectivity index (χ1n) is 8.48. The zero-order valence-corrected chi connectivity index (χ0v) is 15.3. The van der Waals surface area contributed by atoms with Gasteiger partial charge in [0.1, 0.15) is 0 Å². The van der Waals surface area contributed by atoms with E-state index in [-0.39, 0.29) is 11.8 Å². The highest BCUT2D eigenvalue weighted by Crippen LogP contribution is 2.35. The molecule has 1 unspecified atom stereocenters. The highest BCUT2D eigenvalue weighted by atomic mass is 35.5. The molecule has 1 atom stereocenters. The molecule has 0 aliphatic carbocycles. The van der Waals surface area contributed by atoms with E-state index >= 15 is 0 Å². The molecule has 4 rings (SSSR count). The standard InChI is InChI=1S/C20H18ClN3O2/c1-12-3-6-14(7-4-12)20-22-19(23-26-20)15-10-18(25)24(11-15)17-8-5-13(2)9-16(17)21/h3-9,15H,10-11H2,1-2H3. The largest absolute Gasteiger partial charge is 0.334 e. The molecule has 0 N–H and O–H groups in total. The Balaban J connectivity index is 1.56. The lowest BCUT2D eigenvalue weighted by molar-refractivity contribution is -0.117. The lowest BCUT2D eigenvalue weighted by Crippen LogP contribution is -2.24. The zero-order valence-electron chi connectivity index (χ0n) is 14.6. The topological polar surface area (TPSA) is 59.2 Å². The third-order valence-corrected chi connectivity index (χ3v) is 4.93. The van der Waals surface area contributed by atoms with E-state index in [1.807, 2.05) is 56.3 Å². The Morgan fingerprint density at radius 2 is 1.85 bits per heavy atom. The lowest BCUT2D eigenvalue weighted by Gasteiger charge is -2.18. The van der Waals surface area contributed by atoms with E-state index in [4.69, 9.17) is 16.1 Å². The molecule has 1 aromatic heterocycles. The van der Waals surface area contributed by atoms with Crippen LogP contribution in [0.1, 0.15) is 29.3 Å². The van der Waals surface area contributed by atoms with Gasteiger partial charge in [0.2, 0.25) is 5.91 Å². The predicted octanol–water partition coefficient (Wildman–Crippen LogP) is 4.53. The molecule has 5 nitrogen and oxygen atoms in total. The van der Waals surface area contributed by atoms with Crippen LogP contribution in [-0.4, -0.2) is 22.6 Å². The van der Waals surface area contributed by atoms with Crippen LogP contribution in [0.5, 0.6) is 0 Å². The SMILES string of the molecule is Cc1ccc(-c2nc(C3CC(=O)N(c4ccc(C)cc4Cl)C3)no2)cc1. The molecule has 0 spiro atoms. The molecule has 1 fully saturated rings. The van der Waals surface area contributed by atoms with Crippen LogP contribution in [0.25, 0.3) is 11.5 Å². The summed E-state index contributed by atoms with van der Waals surface area (Å²) in [5, 5.41) is 4.67. The molecule has 26 heavy (non-hydrogen) atoms. The zero-order chi connectivity index (χ0) is 18.3. The first kappa shape index (κ1) is 16.8. The average Bonchev–Trinajstić information content (AvgIpc) is 3.23. The summed E-state index contributed by atoms with van der Waals surface area (Å²) in [4.78, 5) is 18.7. The summed E-state index contributed by atoms with van der Waals surface area (Å²) in [6.45, 7) is 4.49. The minimum atomic E-state index is -0.109. The van der Waals surface area contributed by atoms with Crippen molar-refractivity contribution in [2.24, 2.45) is 0 Å². The van der Waals surface area contributed by atoms with Gasteiger partial charge in [0, 0.05) is 24.4 Å². The first-order valence-corrected chi connectivity index (χ1v) is 8.86. The third-order valence-electron chi connectivity index (χ3n) is 4.62. The fourth-order valence-electron chi connectivity index (χ4n) is 3.16. The van der Waals surface area contributed by atoms with Gasteiger partial charge in [-0.3, -0.25) is 4.79 Å². The quantitative estimate of drug-likeness (QED) is 0.682. The van der Waals surface area contributed by atoms with Crippen LogP contribution in [0, 0.1) is 13.8 Å². The highest BCUT2D eigenvalue weighted by Gasteiger charge is 2.35. The van der Waals surface area contributed by atoms with Crippen LogP contribution in [0.3, 0.4) is 0 Å². The van der Waals surface area contributed by atoms with E-state index in [1.165, 1.54) is 5.56 Å². The normalized spacial score (nSPS) is 17.1. The van der Waals surface area contributed by atoms with E-state index in [0.29, 0.717) is 29.7 Å². The van der Waals surface area contributed by atoms with Crippen molar-refractivity contribution in [3.63, 3.8) is 0 Å². The second-order valence-electron chi connectivity index (χ2n) is 6.68. The van der Waals surface area contributed by atoms with E-state index in [0.717, 1.165) is 16.8 Å². The molecule has 0 radical (unpaired) electrons. The van der Waals surface area contributed by atoms with Crippen molar-refractivity contribution in [1.82, 2.24) is 10.1 Å². The number of aryl methyl sites for hydroxylation is 2. The van der Waals surface area contributed by atoms with Crippen LogP contribution < -0.4 is 4.90 Å². The number of amides is 1. The van der Waals surface area contributed by atoms with Gasteiger partial charge in [0.25, 0.3) is 5.89 Å². The fourth-order valence-corrected chi connectivity index (χ4v) is 3.50. The Morgan fingerprint density at radius 3 is 2.58 bits per heavy atom. The molecule has 1 aliphatic rings. The van der Waals surface area contributed by atoms with Crippen molar-refractivity contribution < 1.29 is 9.32 Å². The molecule has 132 valence electrons. The number of nitrogens with zero attached hydrogens (tertiary/aromatic N) is 3. The number of aromatic nitrogens is 2. The first-order chi connectivity index (χ1) is 12.5. The summed E-state index contributed by atoms with van der Waals surface area (Å²) in [6, 6.07) is 13.6. The van der Waals surface area contributed by atoms with Crippen molar-refractivity contribution in [3.05, 3.63) is 64.4 Å². The smallest absolute Gasteiger partial charge is 0.257 e. The fraction of sp³-hybridized carbons (Fsp3) is 0.250. The summed E-state index contributed by atoms with van der Waals surface area (Å²) in [5.74, 6) is 0.934. The summed E-state index contributed by atoms with van der Waals surface area (Å²) < 4.78 is 5.40. The van der Waals surface area contributed by atoms with E-state index in [9.17, 15) is 4.79 Å². The number of halogens is 1. The number of carbonyl (C=O) groups excluding carboxylic acids is 1. The van der Waals surface area contributed by atoms with E-state index < -0.39 is 0 Å². The molecule has 1 amide bonds. The van der Waals surface area contributed by atoms with Gasteiger partial charge in [-0.15, -0.1) is 0 Å². The maximum atomic E-state index is 12.5. The molecule has 2 heterocycles. The summed E-state index contributed by atoms with van der Waals surface area (Å²) in [7, 11) is 0. The van der Waals surface area contributed by atoms with Crippen molar-refractivity contribution in [2.75, 3.05) is 11.4 Å². The Hall–Kier alpha value is -2.66. The van der Waals surface area contributed by atoms with Crippen molar-refractivity contribution in [3.8, 4) is 11.5 Å². The van der Waals surface area contributed by atoms with E-state index in [2.05, 4.69) is 10.1 Å². The Bertz CT molecular complexity index is 965. The van der Waals surface area contributed by atoms with Gasteiger partial charge in [-0.1, -0.05) is 40.5 Å². The second kappa shape index (κ2) is 6.57. The molecular formula is C20H18ClN3O2. The maximum absolute atomic E-state index is 12.5. The number of hydrogen-bond donors (Lipinski definition) is 0. The van der Waals surface area contributed by atoms with Gasteiger partial charge in [0.15, 0.2) is 5.82 Å². The maximum Gasteiger partial charge on any atom is 0.257 e. The highest BCUT2D eigenvalue weighted by molar-refractivity contribution is 6.34. The number of anilines is 1. The number of carbonyl (C=O) groups is 1. The van der Waals surface area contributed by atoms with Gasteiger partial charge in [-0.05, 0) is 43.7 Å². The van der Waals surface area contributed by atoms with Crippen molar-refractivity contribution >= 4 is 23.2 Å². The van der Waals surface area contributed by atoms with Crippen LogP contribution in [0.15, 0.2) is 47.0 Å². The van der Waals surface area contributed by atoms with Crippen LogP contribution in [0.2, 0.25) is 5.02 Å². The van der Waals surface area contributed by atoms with Gasteiger partial charge < -0.3 is 9.42 Å². The molecule has 0 bridgehead atoms. The van der Waals surface area contributed by atoms with E-state index in [1.54, 1.807) is 4.90 Å². The van der Waals surface area contributed by atoms with Gasteiger partial charge in [-0.25, -0.2) is 0 Å². The average molecular weight is 368 g/mol. The molecule has 3 aromatic rings. The van der Waals surface area contributed by atoms with Crippen molar-refractivity contribution in [1.29, 1.82) is 0 Å². The molecule has 1 aliphatic heterocycles. The number of rotatable bonds is 3. The van der Waals surface area contributed by atoms with Gasteiger partial charge in [-0.2, -0.15) is 4.98 Å². The lowest BCUT2D eigenvalue weighted by atomic mass is 10.1. The van der Waals surface area contributed by atoms with Crippen LogP contribution in [-0.2, 0) is 4.79 Å². The van der Waals surface area contributed by atoms with Gasteiger partial charge >= 0.3 is 0 Å². The Morgan fingerprint density at radius 1 is 1.12 bits per heavy atom. The van der Waals surface area contributed by atoms with Crippen molar-refractivity contribution in [2.45, 2.75) is 26.2 Å². The molecule has 0 saturated carbocycles. The number of benzene rings is 2. The summed E-state index contributed by atoms with van der Waals surface area (Å²) >= 11 is 6.32. The molecule has 6 heteroatoms. The Kier molecular flexibility index (Phi) is 4.24. The predicted molar refractivity (Wildman–Crippen MR) is 100 cm³/mol. The van der Waals surface area contributed by atoms with Gasteiger partial charge in [0.05, 0.1) is 10.7 Å². The number of hydrogen-bond acceptors (Lipinski definition) is 4. The second-order valence-corrected chi connectivity index (χ2v) is 7.09. The minimum Gasteiger partial charge on any atom is -0.334 e. The molecule has 1 saturated heterocycles. The summed E-state index contributed by atoms with van der Waals surface area (Å²) in [6.07, 6.45) is 0.344. The summed E-state index contributed by atoms with van der Waals surface area (Å²) in [5.41, 5.74) is 3.83. The van der Waals surface area contributed by atoms with Crippen LogP contribution in [0.4, 0.5) is 5.69 Å².